The molecular weight excluding hydrogens is 274 g/mol. The Morgan fingerprint density at radius 3 is 2.59 bits per heavy atom. The van der Waals surface area contributed by atoms with E-state index in [4.69, 9.17) is 9.47 Å². The van der Waals surface area contributed by atoms with E-state index in [1.807, 2.05) is 18.2 Å². The van der Waals surface area contributed by atoms with Crippen molar-refractivity contribution in [1.82, 2.24) is 0 Å². The standard InChI is InChI=1S/C19H29NO2/c1-5-6-17-7-8-18(19(12-17)21-4)22-10-9-20-13-15(2)11-16(3)14-20/h5,7-8,12,15-16H,1,6,9-11,13-14H2,2-4H3/p+1/t15-,16-/m0/s1. The van der Waals surface area contributed by atoms with Crippen LogP contribution in [0.25, 0.3) is 0 Å². The van der Waals surface area contributed by atoms with Gasteiger partial charge in [0.2, 0.25) is 0 Å². The van der Waals surface area contributed by atoms with Gasteiger partial charge in [0.05, 0.1) is 20.2 Å². The second-order valence-electron chi connectivity index (χ2n) is 6.68. The molecule has 1 aliphatic rings. The van der Waals surface area contributed by atoms with Crippen LogP contribution < -0.4 is 14.4 Å². The molecule has 0 saturated carbocycles. The molecule has 0 bridgehead atoms. The van der Waals surface area contributed by atoms with Crippen LogP contribution in [0.5, 0.6) is 11.5 Å². The first kappa shape index (κ1) is 16.9. The van der Waals surface area contributed by atoms with Crippen LogP contribution in [0.4, 0.5) is 0 Å². The lowest BCUT2D eigenvalue weighted by Gasteiger charge is -2.31. The summed E-state index contributed by atoms with van der Waals surface area (Å²) in [6.07, 6.45) is 4.12. The maximum absolute atomic E-state index is 5.96. The van der Waals surface area contributed by atoms with E-state index in [2.05, 4.69) is 26.5 Å². The molecule has 1 aromatic carbocycles. The maximum atomic E-state index is 5.96. The van der Waals surface area contributed by atoms with Crippen LogP contribution in [0.3, 0.4) is 0 Å². The van der Waals surface area contributed by atoms with Gasteiger partial charge in [0.25, 0.3) is 0 Å². The van der Waals surface area contributed by atoms with E-state index >= 15 is 0 Å². The predicted molar refractivity (Wildman–Crippen MR) is 90.9 cm³/mol. The monoisotopic (exact) mass is 304 g/mol. The van der Waals surface area contributed by atoms with Crippen LogP contribution in [0.1, 0.15) is 25.8 Å². The third kappa shape index (κ3) is 4.77. The molecule has 0 aliphatic carbocycles. The van der Waals surface area contributed by atoms with Crippen LogP contribution in [0.15, 0.2) is 30.9 Å². The van der Waals surface area contributed by atoms with Gasteiger partial charge in [-0.15, -0.1) is 6.58 Å². The van der Waals surface area contributed by atoms with Gasteiger partial charge >= 0.3 is 0 Å². The van der Waals surface area contributed by atoms with Crippen LogP contribution in [-0.2, 0) is 6.42 Å². The molecule has 0 aromatic heterocycles. The fraction of sp³-hybridized carbons (Fsp3) is 0.579. The molecule has 1 aliphatic heterocycles. The zero-order valence-corrected chi connectivity index (χ0v) is 14.2. The highest BCUT2D eigenvalue weighted by molar-refractivity contribution is 5.43. The van der Waals surface area contributed by atoms with Crippen molar-refractivity contribution in [2.75, 3.05) is 33.4 Å². The van der Waals surface area contributed by atoms with Crippen molar-refractivity contribution in [3.63, 3.8) is 0 Å². The maximum Gasteiger partial charge on any atom is 0.161 e. The number of benzene rings is 1. The van der Waals surface area contributed by atoms with Crippen LogP contribution in [0, 0.1) is 11.8 Å². The molecule has 0 unspecified atom stereocenters. The van der Waals surface area contributed by atoms with E-state index in [0.717, 1.165) is 42.9 Å². The fourth-order valence-corrected chi connectivity index (χ4v) is 3.56. The Hall–Kier alpha value is -1.48. The molecule has 1 heterocycles. The molecule has 0 radical (unpaired) electrons. The lowest BCUT2D eigenvalue weighted by Crippen LogP contribution is -3.14. The Morgan fingerprint density at radius 2 is 1.95 bits per heavy atom. The van der Waals surface area contributed by atoms with Gasteiger partial charge in [-0.3, -0.25) is 0 Å². The lowest BCUT2D eigenvalue weighted by atomic mass is 9.92. The van der Waals surface area contributed by atoms with Gasteiger partial charge in [0.1, 0.15) is 13.2 Å². The van der Waals surface area contributed by atoms with Crippen molar-refractivity contribution in [3.05, 3.63) is 36.4 Å². The molecule has 0 spiro atoms. The smallest absolute Gasteiger partial charge is 0.161 e. The quantitative estimate of drug-likeness (QED) is 0.782. The first-order valence-electron chi connectivity index (χ1n) is 8.36. The number of likely N-dealkylation sites (tertiary alicyclic amines) is 1. The lowest BCUT2D eigenvalue weighted by molar-refractivity contribution is -0.912. The Kier molecular flexibility index (Phi) is 6.32. The summed E-state index contributed by atoms with van der Waals surface area (Å²) in [5.41, 5.74) is 1.20. The van der Waals surface area contributed by atoms with Crippen LogP contribution in [0.2, 0.25) is 0 Å². The van der Waals surface area contributed by atoms with Crippen molar-refractivity contribution in [3.8, 4) is 11.5 Å². The van der Waals surface area contributed by atoms with Crippen molar-refractivity contribution in [1.29, 1.82) is 0 Å². The Labute approximate surface area is 134 Å². The number of hydrogen-bond donors (Lipinski definition) is 1. The molecule has 1 saturated heterocycles. The van der Waals surface area contributed by atoms with Gasteiger partial charge < -0.3 is 14.4 Å². The number of rotatable bonds is 7. The molecule has 1 fully saturated rings. The van der Waals surface area contributed by atoms with Gasteiger partial charge in [-0.05, 0) is 30.5 Å². The van der Waals surface area contributed by atoms with Gasteiger partial charge in [0, 0.05) is 11.8 Å². The third-order valence-corrected chi connectivity index (χ3v) is 4.40. The highest BCUT2D eigenvalue weighted by Gasteiger charge is 2.24. The summed E-state index contributed by atoms with van der Waals surface area (Å²) >= 11 is 0. The first-order chi connectivity index (χ1) is 10.6. The Balaban J connectivity index is 1.87. The highest BCUT2D eigenvalue weighted by Crippen LogP contribution is 2.28. The number of allylic oxidation sites excluding steroid dienone is 1. The summed E-state index contributed by atoms with van der Waals surface area (Å²) in [6.45, 7) is 12.8. The fourth-order valence-electron chi connectivity index (χ4n) is 3.56. The minimum absolute atomic E-state index is 0.742. The van der Waals surface area contributed by atoms with Crippen molar-refractivity contribution < 1.29 is 14.4 Å². The molecule has 0 amide bonds. The normalized spacial score (nSPS) is 24.8. The summed E-state index contributed by atoms with van der Waals surface area (Å²) in [5.74, 6) is 3.31. The second kappa shape index (κ2) is 8.23. The average Bonchev–Trinajstić information content (AvgIpc) is 2.48. The number of quaternary nitrogens is 1. The average molecular weight is 304 g/mol. The highest BCUT2D eigenvalue weighted by atomic mass is 16.5. The van der Waals surface area contributed by atoms with E-state index in [1.165, 1.54) is 25.1 Å². The number of nitrogens with one attached hydrogen (secondary N) is 1. The zero-order valence-electron chi connectivity index (χ0n) is 14.2. The van der Waals surface area contributed by atoms with Gasteiger partial charge in [-0.1, -0.05) is 26.0 Å². The third-order valence-electron chi connectivity index (χ3n) is 4.40. The summed E-state index contributed by atoms with van der Waals surface area (Å²) in [7, 11) is 1.69. The van der Waals surface area contributed by atoms with Crippen molar-refractivity contribution >= 4 is 0 Å². The molecule has 2 atom stereocenters. The SMILES string of the molecule is C=CCc1ccc(OCC[NH+]2C[C@@H](C)C[C@H](C)C2)c(OC)c1. The van der Waals surface area contributed by atoms with E-state index in [-0.39, 0.29) is 0 Å². The topological polar surface area (TPSA) is 22.9 Å². The molecule has 2 rings (SSSR count). The summed E-state index contributed by atoms with van der Waals surface area (Å²) in [6, 6.07) is 6.13. The first-order valence-corrected chi connectivity index (χ1v) is 8.36. The van der Waals surface area contributed by atoms with E-state index in [0.29, 0.717) is 0 Å². The molecule has 3 nitrogen and oxygen atoms in total. The predicted octanol–water partition coefficient (Wildman–Crippen LogP) is 2.36. The van der Waals surface area contributed by atoms with E-state index < -0.39 is 0 Å². The summed E-state index contributed by atoms with van der Waals surface area (Å²) in [5, 5.41) is 0. The van der Waals surface area contributed by atoms with Crippen molar-refractivity contribution in [2.24, 2.45) is 11.8 Å². The minimum Gasteiger partial charge on any atom is -0.493 e. The molecular formula is C19H30NO2+. The Morgan fingerprint density at radius 1 is 1.23 bits per heavy atom. The molecule has 3 heteroatoms. The zero-order chi connectivity index (χ0) is 15.9. The Bertz CT molecular complexity index is 476. The molecule has 1 aromatic rings. The van der Waals surface area contributed by atoms with Gasteiger partial charge in [-0.2, -0.15) is 0 Å². The van der Waals surface area contributed by atoms with Gasteiger partial charge in [-0.25, -0.2) is 0 Å². The molecule has 22 heavy (non-hydrogen) atoms. The van der Waals surface area contributed by atoms with E-state index in [9.17, 15) is 0 Å². The molecule has 122 valence electrons. The largest absolute Gasteiger partial charge is 0.493 e. The van der Waals surface area contributed by atoms with E-state index in [1.54, 1.807) is 12.0 Å². The molecule has 1 N–H and O–H groups in total. The van der Waals surface area contributed by atoms with Crippen molar-refractivity contribution in [2.45, 2.75) is 26.7 Å². The number of piperidine rings is 1. The number of ether oxygens (including phenoxy) is 2. The minimum atomic E-state index is 0.742. The number of hydrogen-bond acceptors (Lipinski definition) is 2. The summed E-state index contributed by atoms with van der Waals surface area (Å²) < 4.78 is 11.4. The van der Waals surface area contributed by atoms with Crippen LogP contribution in [-0.4, -0.2) is 33.4 Å². The summed E-state index contributed by atoms with van der Waals surface area (Å²) in [4.78, 5) is 1.66. The number of methoxy groups -OCH3 is 1. The van der Waals surface area contributed by atoms with Crippen LogP contribution >= 0.6 is 0 Å². The second-order valence-corrected chi connectivity index (χ2v) is 6.68. The van der Waals surface area contributed by atoms with Gasteiger partial charge in [0.15, 0.2) is 11.5 Å².